The van der Waals surface area contributed by atoms with Crippen molar-refractivity contribution >= 4 is 15.9 Å². The molecule has 0 spiro atoms. The highest BCUT2D eigenvalue weighted by atomic mass is 79.9. The van der Waals surface area contributed by atoms with Crippen molar-refractivity contribution in [3.8, 4) is 5.75 Å². The maximum atomic E-state index is 5.66. The number of benzene rings is 1. The van der Waals surface area contributed by atoms with Gasteiger partial charge in [0.25, 0.3) is 0 Å². The van der Waals surface area contributed by atoms with Crippen molar-refractivity contribution in [2.45, 2.75) is 46.3 Å². The molecule has 2 nitrogen and oxygen atoms in total. The van der Waals surface area contributed by atoms with Gasteiger partial charge in [-0.2, -0.15) is 0 Å². The zero-order valence-electron chi connectivity index (χ0n) is 11.1. The normalized spacial score (nSPS) is 12.8. The third-order valence-corrected chi connectivity index (χ3v) is 3.20. The molecule has 1 aromatic rings. The van der Waals surface area contributed by atoms with Gasteiger partial charge in [-0.05, 0) is 51.4 Å². The first-order valence-electron chi connectivity index (χ1n) is 6.24. The van der Waals surface area contributed by atoms with Crippen LogP contribution in [-0.4, -0.2) is 12.6 Å². The average Bonchev–Trinajstić information content (AvgIpc) is 2.25. The maximum absolute atomic E-state index is 5.66. The van der Waals surface area contributed by atoms with E-state index in [-0.39, 0.29) is 6.10 Å². The van der Waals surface area contributed by atoms with Gasteiger partial charge in [-0.15, -0.1) is 0 Å². The lowest BCUT2D eigenvalue weighted by Crippen LogP contribution is -2.19. The molecular formula is C14H22BrNO. The molecule has 1 N–H and O–H groups in total. The van der Waals surface area contributed by atoms with Crippen molar-refractivity contribution in [3.63, 3.8) is 0 Å². The van der Waals surface area contributed by atoms with Crippen LogP contribution in [0.2, 0.25) is 0 Å². The van der Waals surface area contributed by atoms with Crippen LogP contribution in [0.1, 0.15) is 45.7 Å². The number of hydrogen-bond acceptors (Lipinski definition) is 2. The Bertz CT molecular complexity index is 352. The molecule has 96 valence electrons. The molecule has 0 aromatic heterocycles. The second-order valence-corrected chi connectivity index (χ2v) is 5.38. The van der Waals surface area contributed by atoms with E-state index in [2.05, 4.69) is 41.2 Å². The summed E-state index contributed by atoms with van der Waals surface area (Å²) in [6.07, 6.45) is 1.36. The minimum atomic E-state index is 0.211. The summed E-state index contributed by atoms with van der Waals surface area (Å²) in [5, 5.41) is 3.48. The van der Waals surface area contributed by atoms with Crippen molar-refractivity contribution in [2.24, 2.45) is 0 Å². The molecule has 0 aliphatic carbocycles. The summed E-state index contributed by atoms with van der Waals surface area (Å²) in [5.41, 5.74) is 1.27. The van der Waals surface area contributed by atoms with Crippen LogP contribution in [0, 0.1) is 0 Å². The van der Waals surface area contributed by atoms with E-state index in [1.165, 1.54) is 5.56 Å². The molecular weight excluding hydrogens is 278 g/mol. The second-order valence-electron chi connectivity index (χ2n) is 4.53. The highest BCUT2D eigenvalue weighted by Gasteiger charge is 2.09. The van der Waals surface area contributed by atoms with Crippen LogP contribution in [-0.2, 0) is 0 Å². The smallest absolute Gasteiger partial charge is 0.120 e. The van der Waals surface area contributed by atoms with Crippen LogP contribution in [0.4, 0.5) is 0 Å². The Kier molecular flexibility index (Phi) is 6.00. The standard InChI is InChI=1S/C14H22BrNO/c1-5-8-16-11(4)13-7-6-12(9-14(13)15)17-10(2)3/h6-7,9-11,16H,5,8H2,1-4H3. The van der Waals surface area contributed by atoms with Gasteiger partial charge in [0.1, 0.15) is 5.75 Å². The average molecular weight is 300 g/mol. The van der Waals surface area contributed by atoms with Crippen molar-refractivity contribution in [2.75, 3.05) is 6.54 Å². The van der Waals surface area contributed by atoms with Gasteiger partial charge >= 0.3 is 0 Å². The first-order valence-corrected chi connectivity index (χ1v) is 7.03. The van der Waals surface area contributed by atoms with Gasteiger partial charge in [0.2, 0.25) is 0 Å². The second kappa shape index (κ2) is 7.02. The van der Waals surface area contributed by atoms with Crippen molar-refractivity contribution < 1.29 is 4.74 Å². The largest absolute Gasteiger partial charge is 0.491 e. The number of ether oxygens (including phenoxy) is 1. The summed E-state index contributed by atoms with van der Waals surface area (Å²) in [4.78, 5) is 0. The van der Waals surface area contributed by atoms with Crippen LogP contribution in [0.3, 0.4) is 0 Å². The monoisotopic (exact) mass is 299 g/mol. The van der Waals surface area contributed by atoms with Crippen molar-refractivity contribution in [3.05, 3.63) is 28.2 Å². The molecule has 1 aromatic carbocycles. The Labute approximate surface area is 113 Å². The molecule has 0 fully saturated rings. The molecule has 0 aliphatic heterocycles. The molecule has 1 atom stereocenters. The van der Waals surface area contributed by atoms with E-state index in [0.717, 1.165) is 23.2 Å². The van der Waals surface area contributed by atoms with E-state index in [9.17, 15) is 0 Å². The molecule has 17 heavy (non-hydrogen) atoms. The summed E-state index contributed by atoms with van der Waals surface area (Å²) in [7, 11) is 0. The Morgan fingerprint density at radius 3 is 2.53 bits per heavy atom. The number of hydrogen-bond donors (Lipinski definition) is 1. The maximum Gasteiger partial charge on any atom is 0.120 e. The number of rotatable bonds is 6. The SMILES string of the molecule is CCCNC(C)c1ccc(OC(C)C)cc1Br. The lowest BCUT2D eigenvalue weighted by Gasteiger charge is -2.17. The van der Waals surface area contributed by atoms with Crippen LogP contribution in [0.5, 0.6) is 5.75 Å². The molecule has 0 saturated heterocycles. The van der Waals surface area contributed by atoms with E-state index in [0.29, 0.717) is 6.04 Å². The predicted octanol–water partition coefficient (Wildman–Crippen LogP) is 4.30. The molecule has 0 aliphatic rings. The lowest BCUT2D eigenvalue weighted by molar-refractivity contribution is 0.242. The Morgan fingerprint density at radius 1 is 1.29 bits per heavy atom. The van der Waals surface area contributed by atoms with E-state index in [4.69, 9.17) is 4.74 Å². The molecule has 3 heteroatoms. The van der Waals surface area contributed by atoms with Gasteiger partial charge in [0, 0.05) is 10.5 Å². The molecule has 0 heterocycles. The first-order chi connectivity index (χ1) is 8.04. The molecule has 0 radical (unpaired) electrons. The van der Waals surface area contributed by atoms with Crippen molar-refractivity contribution in [1.82, 2.24) is 5.32 Å². The summed E-state index contributed by atoms with van der Waals surface area (Å²) in [5.74, 6) is 0.915. The third-order valence-electron chi connectivity index (χ3n) is 2.51. The minimum Gasteiger partial charge on any atom is -0.491 e. The van der Waals surface area contributed by atoms with Crippen LogP contribution in [0.25, 0.3) is 0 Å². The topological polar surface area (TPSA) is 21.3 Å². The summed E-state index contributed by atoms with van der Waals surface area (Å²) < 4.78 is 6.76. The summed E-state index contributed by atoms with van der Waals surface area (Å²) >= 11 is 3.61. The molecule has 0 amide bonds. The molecule has 0 saturated carbocycles. The van der Waals surface area contributed by atoms with Gasteiger partial charge in [-0.3, -0.25) is 0 Å². The Morgan fingerprint density at radius 2 is 2.00 bits per heavy atom. The predicted molar refractivity (Wildman–Crippen MR) is 76.6 cm³/mol. The van der Waals surface area contributed by atoms with Crippen LogP contribution in [0.15, 0.2) is 22.7 Å². The minimum absolute atomic E-state index is 0.211. The van der Waals surface area contributed by atoms with Crippen LogP contribution >= 0.6 is 15.9 Å². The van der Waals surface area contributed by atoms with Gasteiger partial charge in [-0.1, -0.05) is 28.9 Å². The zero-order chi connectivity index (χ0) is 12.8. The zero-order valence-corrected chi connectivity index (χ0v) is 12.7. The number of nitrogens with one attached hydrogen (secondary N) is 1. The Hall–Kier alpha value is -0.540. The van der Waals surface area contributed by atoms with Gasteiger partial charge in [0.05, 0.1) is 6.10 Å². The van der Waals surface area contributed by atoms with Crippen molar-refractivity contribution in [1.29, 1.82) is 0 Å². The molecule has 1 rings (SSSR count). The summed E-state index contributed by atoms with van der Waals surface area (Å²) in [6.45, 7) is 9.46. The molecule has 1 unspecified atom stereocenters. The highest BCUT2D eigenvalue weighted by molar-refractivity contribution is 9.10. The quantitative estimate of drug-likeness (QED) is 0.846. The van der Waals surface area contributed by atoms with E-state index < -0.39 is 0 Å². The fourth-order valence-corrected chi connectivity index (χ4v) is 2.38. The lowest BCUT2D eigenvalue weighted by atomic mass is 10.1. The third kappa shape index (κ3) is 4.68. The van der Waals surface area contributed by atoms with E-state index in [1.54, 1.807) is 0 Å². The Balaban J connectivity index is 2.74. The molecule has 0 bridgehead atoms. The van der Waals surface area contributed by atoms with Crippen LogP contribution < -0.4 is 10.1 Å². The van der Waals surface area contributed by atoms with Gasteiger partial charge < -0.3 is 10.1 Å². The fourth-order valence-electron chi connectivity index (χ4n) is 1.68. The number of halogens is 1. The van der Waals surface area contributed by atoms with E-state index >= 15 is 0 Å². The fraction of sp³-hybridized carbons (Fsp3) is 0.571. The van der Waals surface area contributed by atoms with Gasteiger partial charge in [0.15, 0.2) is 0 Å². The first kappa shape index (κ1) is 14.5. The van der Waals surface area contributed by atoms with Gasteiger partial charge in [-0.25, -0.2) is 0 Å². The highest BCUT2D eigenvalue weighted by Crippen LogP contribution is 2.28. The summed E-state index contributed by atoms with van der Waals surface area (Å²) in [6, 6.07) is 6.55. The van der Waals surface area contributed by atoms with E-state index in [1.807, 2.05) is 26.0 Å².